The molecule has 5 rings (SSSR count). The van der Waals surface area contributed by atoms with Crippen LogP contribution in [0.25, 0.3) is 39.4 Å². The van der Waals surface area contributed by atoms with Gasteiger partial charge in [0.2, 0.25) is 0 Å². The summed E-state index contributed by atoms with van der Waals surface area (Å²) < 4.78 is 1.90. The Hall–Kier alpha value is -4.42. The molecule has 33 heavy (non-hydrogen) atoms. The molecule has 4 heterocycles. The van der Waals surface area contributed by atoms with E-state index in [0.717, 1.165) is 39.2 Å². The topological polar surface area (TPSA) is 129 Å². The number of hydrogen-bond donors (Lipinski definition) is 2. The van der Waals surface area contributed by atoms with Crippen molar-refractivity contribution in [1.29, 1.82) is 5.26 Å². The van der Waals surface area contributed by atoms with Crippen molar-refractivity contribution in [1.82, 2.24) is 34.9 Å². The van der Waals surface area contributed by atoms with Crippen LogP contribution in [0.4, 0.5) is 0 Å². The van der Waals surface area contributed by atoms with Crippen LogP contribution in [-0.4, -0.2) is 46.6 Å². The van der Waals surface area contributed by atoms with Crippen molar-refractivity contribution in [2.45, 2.75) is 20.3 Å². The first kappa shape index (κ1) is 20.5. The van der Waals surface area contributed by atoms with Gasteiger partial charge in [-0.15, -0.1) is 0 Å². The summed E-state index contributed by atoms with van der Waals surface area (Å²) in [5, 5.41) is 34.4. The Morgan fingerprint density at radius 1 is 1.09 bits per heavy atom. The highest BCUT2D eigenvalue weighted by Crippen LogP contribution is 2.30. The molecule has 0 aliphatic heterocycles. The summed E-state index contributed by atoms with van der Waals surface area (Å²) in [7, 11) is 0. The summed E-state index contributed by atoms with van der Waals surface area (Å²) in [4.78, 5) is 9.43. The minimum atomic E-state index is -0.0223. The predicted octanol–water partition coefficient (Wildman–Crippen LogP) is 3.29. The van der Waals surface area contributed by atoms with E-state index >= 15 is 0 Å². The Morgan fingerprint density at radius 2 is 1.97 bits per heavy atom. The highest BCUT2D eigenvalue weighted by Gasteiger charge is 2.19. The number of aromatic nitrogens is 7. The lowest BCUT2D eigenvalue weighted by atomic mass is 10.0. The Labute approximate surface area is 189 Å². The molecule has 0 aliphatic carbocycles. The van der Waals surface area contributed by atoms with Gasteiger partial charge in [-0.2, -0.15) is 20.6 Å². The first-order valence-corrected chi connectivity index (χ1v) is 10.4. The molecule has 162 valence electrons. The highest BCUT2D eigenvalue weighted by atomic mass is 16.2. The number of pyridine rings is 1. The number of imidazole rings is 1. The second-order valence-electron chi connectivity index (χ2n) is 7.71. The fraction of sp³-hybridized carbons (Fsp3) is 0.167. The minimum absolute atomic E-state index is 0.0223. The summed E-state index contributed by atoms with van der Waals surface area (Å²) in [5.74, 6) is 0.654. The quantitative estimate of drug-likeness (QED) is 0.432. The summed E-state index contributed by atoms with van der Waals surface area (Å²) >= 11 is 0. The number of aryl methyl sites for hydroxylation is 2. The molecular formula is C24H20N8O. The number of H-pyrrole nitrogens is 1. The maximum Gasteiger partial charge on any atom is 0.171 e. The van der Waals surface area contributed by atoms with Crippen molar-refractivity contribution in [2.75, 3.05) is 6.61 Å². The van der Waals surface area contributed by atoms with Crippen molar-refractivity contribution in [3.8, 4) is 34.4 Å². The molecule has 0 aliphatic rings. The van der Waals surface area contributed by atoms with Crippen LogP contribution >= 0.6 is 0 Å². The fourth-order valence-corrected chi connectivity index (χ4v) is 3.86. The fourth-order valence-electron chi connectivity index (χ4n) is 3.86. The molecule has 9 nitrogen and oxygen atoms in total. The van der Waals surface area contributed by atoms with E-state index in [1.165, 1.54) is 0 Å². The third kappa shape index (κ3) is 3.62. The summed E-state index contributed by atoms with van der Waals surface area (Å²) in [6, 6.07) is 15.7. The Kier molecular flexibility index (Phi) is 5.12. The third-order valence-corrected chi connectivity index (χ3v) is 5.52. The van der Waals surface area contributed by atoms with E-state index in [9.17, 15) is 10.4 Å². The van der Waals surface area contributed by atoms with Gasteiger partial charge < -0.3 is 5.11 Å². The molecule has 0 atom stereocenters. The van der Waals surface area contributed by atoms with Gasteiger partial charge in [0.25, 0.3) is 0 Å². The number of nitrogens with one attached hydrogen (secondary N) is 1. The van der Waals surface area contributed by atoms with Crippen LogP contribution in [0.2, 0.25) is 0 Å². The lowest BCUT2D eigenvalue weighted by Crippen LogP contribution is -2.03. The molecule has 0 amide bonds. The second-order valence-corrected chi connectivity index (χ2v) is 7.71. The molecule has 0 spiro atoms. The van der Waals surface area contributed by atoms with Crippen molar-refractivity contribution in [3.05, 3.63) is 71.4 Å². The lowest BCUT2D eigenvalue weighted by Gasteiger charge is -2.11. The SMILES string of the molecule is Cc1ccc(-c2ccc3c(c2)ncn3-c2ccc(CCO)c(-c3c(C#N)n[nH]c3C)n2)nn1. The zero-order valence-corrected chi connectivity index (χ0v) is 18.1. The van der Waals surface area contributed by atoms with Gasteiger partial charge in [-0.25, -0.2) is 9.97 Å². The number of rotatable bonds is 5. The molecule has 0 unspecified atom stereocenters. The molecule has 5 aromatic rings. The molecule has 4 aromatic heterocycles. The number of benzene rings is 1. The molecule has 0 bridgehead atoms. The van der Waals surface area contributed by atoms with E-state index in [-0.39, 0.29) is 12.3 Å². The standard InChI is InChI=1S/C24H20N8O/c1-14-3-6-18(30-28-14)17-4-7-21-19(11-17)26-13-32(21)22-8-5-16(9-10-33)24(27-22)23-15(2)29-31-20(23)12-25/h3-8,11,13,33H,9-10H2,1-2H3,(H,29,31). The molecule has 0 radical (unpaired) electrons. The van der Waals surface area contributed by atoms with Gasteiger partial charge in [-0.1, -0.05) is 12.1 Å². The first-order chi connectivity index (χ1) is 16.1. The average molecular weight is 436 g/mol. The highest BCUT2D eigenvalue weighted by molar-refractivity contribution is 5.82. The summed E-state index contributed by atoms with van der Waals surface area (Å²) in [6.07, 6.45) is 2.14. The van der Waals surface area contributed by atoms with E-state index < -0.39 is 0 Å². The van der Waals surface area contributed by atoms with E-state index in [4.69, 9.17) is 4.98 Å². The number of aliphatic hydroxyl groups is 1. The van der Waals surface area contributed by atoms with Crippen molar-refractivity contribution in [3.63, 3.8) is 0 Å². The van der Waals surface area contributed by atoms with Crippen LogP contribution in [0.15, 0.2) is 48.8 Å². The van der Waals surface area contributed by atoms with E-state index in [1.807, 2.05) is 60.9 Å². The number of fused-ring (bicyclic) bond motifs is 1. The van der Waals surface area contributed by atoms with Crippen LogP contribution in [-0.2, 0) is 6.42 Å². The number of aliphatic hydroxyl groups excluding tert-OH is 1. The van der Waals surface area contributed by atoms with E-state index in [0.29, 0.717) is 23.5 Å². The van der Waals surface area contributed by atoms with Gasteiger partial charge in [0.1, 0.15) is 18.2 Å². The Morgan fingerprint density at radius 3 is 2.73 bits per heavy atom. The zero-order chi connectivity index (χ0) is 22.9. The van der Waals surface area contributed by atoms with Gasteiger partial charge in [0.05, 0.1) is 33.7 Å². The van der Waals surface area contributed by atoms with Crippen LogP contribution < -0.4 is 0 Å². The van der Waals surface area contributed by atoms with Crippen molar-refractivity contribution >= 4 is 11.0 Å². The molecule has 0 saturated carbocycles. The molecule has 2 N–H and O–H groups in total. The van der Waals surface area contributed by atoms with Gasteiger partial charge >= 0.3 is 0 Å². The Bertz CT molecular complexity index is 1510. The Balaban J connectivity index is 1.62. The zero-order valence-electron chi connectivity index (χ0n) is 18.1. The number of nitrogens with zero attached hydrogens (tertiary/aromatic N) is 7. The molecule has 9 heteroatoms. The summed E-state index contributed by atoms with van der Waals surface area (Å²) in [5.41, 5.74) is 7.39. The predicted molar refractivity (Wildman–Crippen MR) is 122 cm³/mol. The molecule has 1 aromatic carbocycles. The van der Waals surface area contributed by atoms with Gasteiger partial charge in [-0.3, -0.25) is 9.67 Å². The van der Waals surface area contributed by atoms with E-state index in [1.54, 1.807) is 6.33 Å². The second kappa shape index (κ2) is 8.26. The van der Waals surface area contributed by atoms with Gasteiger partial charge in [0, 0.05) is 17.9 Å². The third-order valence-electron chi connectivity index (χ3n) is 5.52. The number of aromatic amines is 1. The number of hydrogen-bond acceptors (Lipinski definition) is 7. The first-order valence-electron chi connectivity index (χ1n) is 10.4. The van der Waals surface area contributed by atoms with Gasteiger partial charge in [0.15, 0.2) is 5.69 Å². The van der Waals surface area contributed by atoms with Crippen LogP contribution in [0.5, 0.6) is 0 Å². The monoisotopic (exact) mass is 436 g/mol. The van der Waals surface area contributed by atoms with Crippen LogP contribution in [0.3, 0.4) is 0 Å². The maximum atomic E-state index is 9.53. The lowest BCUT2D eigenvalue weighted by molar-refractivity contribution is 0.299. The molecular weight excluding hydrogens is 416 g/mol. The van der Waals surface area contributed by atoms with Gasteiger partial charge in [-0.05, 0) is 56.2 Å². The normalized spacial score (nSPS) is 11.1. The average Bonchev–Trinajstić information content (AvgIpc) is 3.43. The molecule has 0 saturated heterocycles. The summed E-state index contributed by atoms with van der Waals surface area (Å²) in [6.45, 7) is 3.73. The smallest absolute Gasteiger partial charge is 0.171 e. The van der Waals surface area contributed by atoms with E-state index in [2.05, 4.69) is 31.4 Å². The minimum Gasteiger partial charge on any atom is -0.396 e. The maximum absolute atomic E-state index is 9.53. The molecule has 0 fully saturated rings. The van der Waals surface area contributed by atoms with Crippen LogP contribution in [0.1, 0.15) is 22.6 Å². The van der Waals surface area contributed by atoms with Crippen LogP contribution in [0, 0.1) is 25.2 Å². The largest absolute Gasteiger partial charge is 0.396 e. The van der Waals surface area contributed by atoms with Crippen molar-refractivity contribution in [2.24, 2.45) is 0 Å². The van der Waals surface area contributed by atoms with Crippen molar-refractivity contribution < 1.29 is 5.11 Å². The number of nitriles is 1.